The van der Waals surface area contributed by atoms with Crippen molar-refractivity contribution in [3.05, 3.63) is 24.4 Å². The molecule has 2 rings (SSSR count). The molecule has 2 heterocycles. The second-order valence-corrected chi connectivity index (χ2v) is 2.40. The zero-order valence-electron chi connectivity index (χ0n) is 6.88. The Labute approximate surface area is 77.9 Å². The van der Waals surface area contributed by atoms with Crippen molar-refractivity contribution in [2.24, 2.45) is 0 Å². The first-order valence-corrected chi connectivity index (χ1v) is 3.69. The first-order chi connectivity index (χ1) is 6.77. The number of carbonyl (C=O) groups is 1. The topological polar surface area (TPSA) is 105 Å². The summed E-state index contributed by atoms with van der Waals surface area (Å²) >= 11 is 0. The molecule has 0 radical (unpaired) electrons. The minimum Gasteiger partial charge on any atom is -0.475 e. The van der Waals surface area contributed by atoms with Crippen molar-refractivity contribution in [2.45, 2.75) is 0 Å². The minimum atomic E-state index is -1.17. The lowest BCUT2D eigenvalue weighted by Gasteiger charge is -1.95. The maximum absolute atomic E-state index is 10.6. The molecule has 0 aliphatic carbocycles. The van der Waals surface area contributed by atoms with Crippen LogP contribution in [0, 0.1) is 0 Å². The van der Waals surface area contributed by atoms with E-state index in [1.54, 1.807) is 6.07 Å². The summed E-state index contributed by atoms with van der Waals surface area (Å²) in [7, 11) is 0. The number of rotatable bonds is 2. The molecule has 0 saturated carbocycles. The summed E-state index contributed by atoms with van der Waals surface area (Å²) < 4.78 is 0. The number of H-pyrrole nitrogens is 1. The Morgan fingerprint density at radius 2 is 2.29 bits per heavy atom. The molecule has 7 heteroatoms. The number of hydrogen-bond acceptors (Lipinski definition) is 5. The summed E-state index contributed by atoms with van der Waals surface area (Å²) in [5.41, 5.74) is 0.398. The van der Waals surface area contributed by atoms with Gasteiger partial charge in [-0.05, 0) is 6.07 Å². The second kappa shape index (κ2) is 3.21. The number of nitrogens with zero attached hydrogens (tertiary/aromatic N) is 4. The highest BCUT2D eigenvalue weighted by molar-refractivity contribution is 5.83. The molecular formula is C7H5N5O2. The zero-order valence-corrected chi connectivity index (χ0v) is 6.88. The maximum Gasteiger partial charge on any atom is 0.373 e. The first-order valence-electron chi connectivity index (χ1n) is 3.69. The lowest BCUT2D eigenvalue weighted by Crippen LogP contribution is -2.04. The van der Waals surface area contributed by atoms with Crippen LogP contribution in [0.3, 0.4) is 0 Å². The van der Waals surface area contributed by atoms with Crippen molar-refractivity contribution < 1.29 is 9.90 Å². The quantitative estimate of drug-likeness (QED) is 0.690. The van der Waals surface area contributed by atoms with Gasteiger partial charge in [-0.1, -0.05) is 0 Å². The van der Waals surface area contributed by atoms with Crippen molar-refractivity contribution in [2.75, 3.05) is 0 Å². The van der Waals surface area contributed by atoms with E-state index >= 15 is 0 Å². The van der Waals surface area contributed by atoms with E-state index in [4.69, 9.17) is 5.11 Å². The van der Waals surface area contributed by atoms with Gasteiger partial charge < -0.3 is 5.11 Å². The second-order valence-electron chi connectivity index (χ2n) is 2.40. The molecule has 0 spiro atoms. The van der Waals surface area contributed by atoms with E-state index in [2.05, 4.69) is 25.1 Å². The molecule has 0 aromatic carbocycles. The molecule has 0 unspecified atom stereocenters. The summed E-state index contributed by atoms with van der Waals surface area (Å²) in [5.74, 6) is -1.03. The summed E-state index contributed by atoms with van der Waals surface area (Å²) in [6, 6.07) is 1.55. The van der Waals surface area contributed by atoms with Gasteiger partial charge in [-0.15, -0.1) is 0 Å². The van der Waals surface area contributed by atoms with E-state index in [0.717, 1.165) is 0 Å². The highest BCUT2D eigenvalue weighted by Crippen LogP contribution is 2.08. The van der Waals surface area contributed by atoms with Gasteiger partial charge in [-0.25, -0.2) is 19.7 Å². The van der Waals surface area contributed by atoms with E-state index in [0.29, 0.717) is 11.5 Å². The molecule has 70 valence electrons. The Morgan fingerprint density at radius 3 is 2.93 bits per heavy atom. The summed E-state index contributed by atoms with van der Waals surface area (Å²) in [4.78, 5) is 21.7. The molecule has 2 aromatic heterocycles. The van der Waals surface area contributed by atoms with Gasteiger partial charge in [-0.3, -0.25) is 5.10 Å². The van der Waals surface area contributed by atoms with Crippen molar-refractivity contribution in [3.63, 3.8) is 0 Å². The van der Waals surface area contributed by atoms with E-state index in [9.17, 15) is 4.79 Å². The number of nitrogens with one attached hydrogen (secondary N) is 1. The van der Waals surface area contributed by atoms with E-state index in [1.165, 1.54) is 12.5 Å². The average molecular weight is 191 g/mol. The number of carboxylic acid groups (broad SMARTS) is 1. The fourth-order valence-corrected chi connectivity index (χ4v) is 0.923. The van der Waals surface area contributed by atoms with Crippen LogP contribution >= 0.6 is 0 Å². The van der Waals surface area contributed by atoms with Crippen molar-refractivity contribution >= 4 is 5.97 Å². The number of carboxylic acids is 1. The van der Waals surface area contributed by atoms with Gasteiger partial charge in [0.2, 0.25) is 5.82 Å². The summed E-state index contributed by atoms with van der Waals surface area (Å²) in [5, 5.41) is 14.8. The predicted molar refractivity (Wildman–Crippen MR) is 44.4 cm³/mol. The highest BCUT2D eigenvalue weighted by atomic mass is 16.4. The molecular weight excluding hydrogens is 186 g/mol. The molecule has 2 aromatic rings. The average Bonchev–Trinajstić information content (AvgIpc) is 2.71. The standard InChI is InChI=1S/C7H5N5O2/c13-7(14)6-8-2-1-4(11-6)5-9-3-10-12-5/h1-3H,(H,13,14)(H,9,10,12). The molecule has 0 bridgehead atoms. The van der Waals surface area contributed by atoms with E-state index < -0.39 is 5.97 Å². The van der Waals surface area contributed by atoms with Crippen LogP contribution < -0.4 is 0 Å². The molecule has 2 N–H and O–H groups in total. The van der Waals surface area contributed by atoms with Crippen LogP contribution in [0.5, 0.6) is 0 Å². The van der Waals surface area contributed by atoms with Crippen LogP contribution in [0.4, 0.5) is 0 Å². The third kappa shape index (κ3) is 1.42. The Kier molecular flexibility index (Phi) is 1.90. The van der Waals surface area contributed by atoms with Crippen LogP contribution in [0.25, 0.3) is 11.5 Å². The summed E-state index contributed by atoms with van der Waals surface area (Å²) in [6.07, 6.45) is 2.67. The van der Waals surface area contributed by atoms with Crippen LogP contribution in [0.15, 0.2) is 18.6 Å². The lowest BCUT2D eigenvalue weighted by molar-refractivity contribution is 0.0683. The van der Waals surface area contributed by atoms with Crippen LogP contribution in [-0.4, -0.2) is 36.2 Å². The normalized spacial score (nSPS) is 10.0. The third-order valence-corrected chi connectivity index (χ3v) is 1.50. The van der Waals surface area contributed by atoms with Gasteiger partial charge in [0.05, 0.1) is 0 Å². The molecule has 0 aliphatic heterocycles. The molecule has 7 nitrogen and oxygen atoms in total. The van der Waals surface area contributed by atoms with Crippen LogP contribution in [0.1, 0.15) is 10.6 Å². The number of aromatic amines is 1. The summed E-state index contributed by atoms with van der Waals surface area (Å²) in [6.45, 7) is 0. The third-order valence-electron chi connectivity index (χ3n) is 1.50. The minimum absolute atomic E-state index is 0.265. The number of aromatic carboxylic acids is 1. The predicted octanol–water partition coefficient (Wildman–Crippen LogP) is -0.0401. The van der Waals surface area contributed by atoms with Crippen molar-refractivity contribution in [3.8, 4) is 11.5 Å². The maximum atomic E-state index is 10.6. The Bertz CT molecular complexity index is 453. The monoisotopic (exact) mass is 191 g/mol. The van der Waals surface area contributed by atoms with Gasteiger partial charge in [0, 0.05) is 6.20 Å². The molecule has 0 amide bonds. The Balaban J connectivity index is 2.46. The van der Waals surface area contributed by atoms with Crippen molar-refractivity contribution in [1.29, 1.82) is 0 Å². The van der Waals surface area contributed by atoms with Crippen molar-refractivity contribution in [1.82, 2.24) is 25.1 Å². The molecule has 0 aliphatic rings. The molecule has 14 heavy (non-hydrogen) atoms. The van der Waals surface area contributed by atoms with E-state index in [1.807, 2.05) is 0 Å². The Hall–Kier alpha value is -2.31. The number of aromatic nitrogens is 5. The first kappa shape index (κ1) is 8.30. The fourth-order valence-electron chi connectivity index (χ4n) is 0.923. The lowest BCUT2D eigenvalue weighted by atomic mass is 10.4. The highest BCUT2D eigenvalue weighted by Gasteiger charge is 2.09. The largest absolute Gasteiger partial charge is 0.475 e. The van der Waals surface area contributed by atoms with Gasteiger partial charge >= 0.3 is 5.97 Å². The van der Waals surface area contributed by atoms with Gasteiger partial charge in [0.15, 0.2) is 5.82 Å². The van der Waals surface area contributed by atoms with Gasteiger partial charge in [-0.2, -0.15) is 5.10 Å². The smallest absolute Gasteiger partial charge is 0.373 e. The molecule has 0 saturated heterocycles. The molecule has 0 atom stereocenters. The molecule has 0 fully saturated rings. The van der Waals surface area contributed by atoms with Gasteiger partial charge in [0.1, 0.15) is 12.0 Å². The van der Waals surface area contributed by atoms with Gasteiger partial charge in [0.25, 0.3) is 0 Å². The fraction of sp³-hybridized carbons (Fsp3) is 0. The van der Waals surface area contributed by atoms with E-state index in [-0.39, 0.29) is 5.82 Å². The Morgan fingerprint density at radius 1 is 1.43 bits per heavy atom. The number of hydrogen-bond donors (Lipinski definition) is 2. The van der Waals surface area contributed by atoms with Crippen LogP contribution in [-0.2, 0) is 0 Å². The zero-order chi connectivity index (χ0) is 9.97. The SMILES string of the molecule is O=C(O)c1nccc(-c2ncn[nH]2)n1. The van der Waals surface area contributed by atoms with Crippen LogP contribution in [0.2, 0.25) is 0 Å².